The first-order valence-electron chi connectivity index (χ1n) is 5.93. The van der Waals surface area contributed by atoms with Crippen LogP contribution in [0.1, 0.15) is 24.7 Å². The second-order valence-corrected chi connectivity index (χ2v) is 6.61. The Bertz CT molecular complexity index is 653. The molecule has 0 saturated carbocycles. The zero-order valence-electron chi connectivity index (χ0n) is 10.5. The van der Waals surface area contributed by atoms with Crippen molar-refractivity contribution >= 4 is 19.7 Å². The summed E-state index contributed by atoms with van der Waals surface area (Å²) < 4.78 is 24.4. The van der Waals surface area contributed by atoms with Crippen molar-refractivity contribution in [1.82, 2.24) is 14.8 Å². The average Bonchev–Trinajstić information content (AvgIpc) is 2.74. The summed E-state index contributed by atoms with van der Waals surface area (Å²) in [5.74, 6) is 0.604. The van der Waals surface area contributed by atoms with Crippen LogP contribution in [0.5, 0.6) is 0 Å². The molecule has 0 amide bonds. The van der Waals surface area contributed by atoms with Crippen molar-refractivity contribution in [3.05, 3.63) is 41.7 Å². The van der Waals surface area contributed by atoms with Crippen LogP contribution in [0.25, 0.3) is 0 Å². The predicted octanol–water partition coefficient (Wildman–Crippen LogP) is 2.21. The Labute approximate surface area is 116 Å². The van der Waals surface area contributed by atoms with Crippen LogP contribution in [-0.4, -0.2) is 23.2 Å². The highest BCUT2D eigenvalue weighted by Crippen LogP contribution is 2.16. The van der Waals surface area contributed by atoms with Gasteiger partial charge in [0.1, 0.15) is 5.82 Å². The van der Waals surface area contributed by atoms with E-state index in [0.717, 1.165) is 12.0 Å². The van der Waals surface area contributed by atoms with Crippen molar-refractivity contribution in [2.45, 2.75) is 31.5 Å². The molecule has 1 aromatic carbocycles. The molecule has 2 aromatic rings. The third kappa shape index (κ3) is 3.33. The van der Waals surface area contributed by atoms with Gasteiger partial charge in [-0.3, -0.25) is 0 Å². The molecule has 0 aliphatic rings. The van der Waals surface area contributed by atoms with Crippen molar-refractivity contribution < 1.29 is 8.42 Å². The van der Waals surface area contributed by atoms with Gasteiger partial charge in [-0.2, -0.15) is 0 Å². The summed E-state index contributed by atoms with van der Waals surface area (Å²) in [5.41, 5.74) is 1.05. The van der Waals surface area contributed by atoms with Gasteiger partial charge in [0.15, 0.2) is 0 Å². The van der Waals surface area contributed by atoms with E-state index >= 15 is 0 Å². The largest absolute Gasteiger partial charge is 0.301 e. The van der Waals surface area contributed by atoms with Crippen molar-refractivity contribution in [2.75, 3.05) is 0 Å². The van der Waals surface area contributed by atoms with E-state index in [1.807, 2.05) is 37.3 Å². The molecule has 0 aliphatic carbocycles. The van der Waals surface area contributed by atoms with Crippen LogP contribution in [0.2, 0.25) is 0 Å². The maximum Gasteiger partial charge on any atom is 0.296 e. The van der Waals surface area contributed by atoms with E-state index in [9.17, 15) is 8.42 Å². The predicted molar refractivity (Wildman–Crippen MR) is 72.6 cm³/mol. The Morgan fingerprint density at radius 2 is 1.89 bits per heavy atom. The maximum atomic E-state index is 11.4. The standard InChI is InChI=1S/C12H14ClN3O2S/c1-2-8-16-11(9-10-6-4-3-5-7-10)14-15-12(16)19(13,17)18/h3-7H,2,8-9H2,1H3. The van der Waals surface area contributed by atoms with Crippen molar-refractivity contribution in [3.63, 3.8) is 0 Å². The molecule has 0 fully saturated rings. The van der Waals surface area contributed by atoms with Gasteiger partial charge in [-0.05, 0) is 12.0 Å². The van der Waals surface area contributed by atoms with Crippen LogP contribution < -0.4 is 0 Å². The Balaban J connectivity index is 2.39. The van der Waals surface area contributed by atoms with Gasteiger partial charge in [0.2, 0.25) is 0 Å². The summed E-state index contributed by atoms with van der Waals surface area (Å²) >= 11 is 0. The Kier molecular flexibility index (Phi) is 4.21. The highest BCUT2D eigenvalue weighted by molar-refractivity contribution is 8.13. The van der Waals surface area contributed by atoms with Gasteiger partial charge < -0.3 is 4.57 Å². The molecule has 0 aliphatic heterocycles. The summed E-state index contributed by atoms with van der Waals surface area (Å²) in [4.78, 5) is 0. The SMILES string of the molecule is CCCn1c(Cc2ccccc2)nnc1S(=O)(=O)Cl. The van der Waals surface area contributed by atoms with Crippen molar-refractivity contribution in [2.24, 2.45) is 0 Å². The van der Waals surface area contributed by atoms with Gasteiger partial charge in [-0.15, -0.1) is 10.2 Å². The van der Waals surface area contributed by atoms with E-state index < -0.39 is 9.05 Å². The summed E-state index contributed by atoms with van der Waals surface area (Å²) in [6.45, 7) is 2.48. The molecule has 0 spiro atoms. The first-order valence-corrected chi connectivity index (χ1v) is 8.24. The first kappa shape index (κ1) is 14.0. The molecule has 1 aromatic heterocycles. The minimum Gasteiger partial charge on any atom is -0.301 e. The molecule has 1 heterocycles. The summed E-state index contributed by atoms with van der Waals surface area (Å²) in [6, 6.07) is 9.69. The topological polar surface area (TPSA) is 64.8 Å². The molecule has 0 unspecified atom stereocenters. The van der Waals surface area contributed by atoms with Crippen LogP contribution >= 0.6 is 10.7 Å². The fraction of sp³-hybridized carbons (Fsp3) is 0.333. The van der Waals surface area contributed by atoms with Gasteiger partial charge in [-0.25, -0.2) is 8.42 Å². The lowest BCUT2D eigenvalue weighted by Crippen LogP contribution is -2.10. The molecule has 7 heteroatoms. The van der Waals surface area contributed by atoms with Gasteiger partial charge >= 0.3 is 0 Å². The third-order valence-corrected chi connectivity index (χ3v) is 3.82. The Hall–Kier alpha value is -1.40. The molecular formula is C12H14ClN3O2S. The van der Waals surface area contributed by atoms with Crippen LogP contribution in [-0.2, 0) is 22.0 Å². The van der Waals surface area contributed by atoms with Crippen LogP contribution in [0.15, 0.2) is 35.5 Å². The molecule has 0 N–H and O–H groups in total. The number of rotatable bonds is 5. The summed E-state index contributed by atoms with van der Waals surface area (Å²) in [6.07, 6.45) is 1.31. The Morgan fingerprint density at radius 1 is 1.21 bits per heavy atom. The monoisotopic (exact) mass is 299 g/mol. The maximum absolute atomic E-state index is 11.4. The fourth-order valence-corrected chi connectivity index (χ4v) is 2.80. The molecule has 19 heavy (non-hydrogen) atoms. The number of nitrogens with zero attached hydrogens (tertiary/aromatic N) is 3. The minimum absolute atomic E-state index is 0.179. The summed E-state index contributed by atoms with van der Waals surface area (Å²) in [7, 11) is 1.50. The van der Waals surface area contributed by atoms with E-state index in [4.69, 9.17) is 10.7 Å². The quantitative estimate of drug-likeness (QED) is 0.794. The Morgan fingerprint density at radius 3 is 2.47 bits per heavy atom. The zero-order chi connectivity index (χ0) is 13.9. The van der Waals surface area contributed by atoms with Gasteiger partial charge in [-0.1, -0.05) is 37.3 Å². The van der Waals surface area contributed by atoms with E-state index in [1.54, 1.807) is 4.57 Å². The van der Waals surface area contributed by atoms with Crippen molar-refractivity contribution in [3.8, 4) is 0 Å². The number of benzene rings is 1. The fourth-order valence-electron chi connectivity index (χ4n) is 1.86. The lowest BCUT2D eigenvalue weighted by Gasteiger charge is -2.07. The van der Waals surface area contributed by atoms with Crippen LogP contribution in [0, 0.1) is 0 Å². The molecule has 102 valence electrons. The lowest BCUT2D eigenvalue weighted by atomic mass is 10.1. The highest BCUT2D eigenvalue weighted by Gasteiger charge is 2.22. The van der Waals surface area contributed by atoms with Crippen LogP contribution in [0.3, 0.4) is 0 Å². The minimum atomic E-state index is -3.87. The molecule has 2 rings (SSSR count). The molecular weight excluding hydrogens is 286 g/mol. The first-order chi connectivity index (χ1) is 9.02. The molecule has 0 radical (unpaired) electrons. The number of hydrogen-bond donors (Lipinski definition) is 0. The summed E-state index contributed by atoms with van der Waals surface area (Å²) in [5, 5.41) is 7.46. The lowest BCUT2D eigenvalue weighted by molar-refractivity contribution is 0.558. The van der Waals surface area contributed by atoms with E-state index in [1.165, 1.54) is 0 Å². The van der Waals surface area contributed by atoms with E-state index in [2.05, 4.69) is 10.2 Å². The molecule has 5 nitrogen and oxygen atoms in total. The third-order valence-electron chi connectivity index (χ3n) is 2.66. The normalized spacial score (nSPS) is 11.7. The second-order valence-electron chi connectivity index (χ2n) is 4.15. The average molecular weight is 300 g/mol. The van der Waals surface area contributed by atoms with Gasteiger partial charge in [0.05, 0.1) is 0 Å². The number of aromatic nitrogens is 3. The zero-order valence-corrected chi connectivity index (χ0v) is 12.0. The molecule has 0 saturated heterocycles. The van der Waals surface area contributed by atoms with Gasteiger partial charge in [0.25, 0.3) is 14.2 Å². The van der Waals surface area contributed by atoms with Crippen molar-refractivity contribution in [1.29, 1.82) is 0 Å². The highest BCUT2D eigenvalue weighted by atomic mass is 35.7. The second kappa shape index (κ2) is 5.71. The number of halogens is 1. The van der Waals surface area contributed by atoms with Gasteiger partial charge in [0, 0.05) is 23.6 Å². The smallest absolute Gasteiger partial charge is 0.296 e. The van der Waals surface area contributed by atoms with E-state index in [-0.39, 0.29) is 5.16 Å². The number of hydrogen-bond acceptors (Lipinski definition) is 4. The van der Waals surface area contributed by atoms with Crippen LogP contribution in [0.4, 0.5) is 0 Å². The van der Waals surface area contributed by atoms with E-state index in [0.29, 0.717) is 18.8 Å². The molecule has 0 bridgehead atoms. The molecule has 0 atom stereocenters.